The smallest absolute Gasteiger partial charge is 0.550 e. The number of nitrogens with zero attached hydrogens (tertiary/aromatic N) is 1. The molecule has 0 aliphatic heterocycles. The van der Waals surface area contributed by atoms with Crippen molar-refractivity contribution in [3.8, 4) is 0 Å². The standard InChI is InChI=1S/C35H36ClNO4S.Na/c1-34(2,40)30-9-4-3-7-25(30)13-17-32(42(41)23-35(18-19-35)22-33(38)39)27-8-5-6-24(20-27)10-15-29-16-12-26-11-14-28(36)21-31(26)37-29;/h3-12,14-16,20-21,32,40H,13,17-19,22-23H2,1-2H3,(H,38,39);/q;+1/p-1/b15-10+;/t32?,42-;/m1./s1. The molecule has 1 aliphatic rings. The average Bonchev–Trinajstić information content (AvgIpc) is 3.69. The summed E-state index contributed by atoms with van der Waals surface area (Å²) in [4.78, 5) is 16.1. The third-order valence-corrected chi connectivity index (χ3v) is 10.3. The maximum absolute atomic E-state index is 13.9. The molecule has 2 atom stereocenters. The van der Waals surface area contributed by atoms with Gasteiger partial charge in [-0.25, -0.2) is 4.98 Å². The van der Waals surface area contributed by atoms with E-state index in [2.05, 4.69) is 6.07 Å². The minimum Gasteiger partial charge on any atom is -0.550 e. The molecular weight excluding hydrogens is 589 g/mol. The monoisotopic (exact) mass is 623 g/mol. The number of aliphatic hydroxyl groups is 1. The number of hydrogen-bond acceptors (Lipinski definition) is 5. The van der Waals surface area contributed by atoms with E-state index < -0.39 is 27.8 Å². The summed E-state index contributed by atoms with van der Waals surface area (Å²) in [5.74, 6) is -0.751. The van der Waals surface area contributed by atoms with Crippen LogP contribution in [0, 0.1) is 5.41 Å². The van der Waals surface area contributed by atoms with E-state index in [0.29, 0.717) is 23.6 Å². The molecule has 1 aliphatic carbocycles. The molecule has 5 rings (SSSR count). The van der Waals surface area contributed by atoms with Crippen molar-refractivity contribution in [2.75, 3.05) is 5.75 Å². The number of aromatic nitrogens is 1. The predicted molar refractivity (Wildman–Crippen MR) is 169 cm³/mol. The number of halogens is 1. The van der Waals surface area contributed by atoms with Gasteiger partial charge >= 0.3 is 29.6 Å². The van der Waals surface area contributed by atoms with Gasteiger partial charge in [-0.3, -0.25) is 4.21 Å². The summed E-state index contributed by atoms with van der Waals surface area (Å²) in [6.07, 6.45) is 6.63. The van der Waals surface area contributed by atoms with Gasteiger partial charge in [-0.2, -0.15) is 0 Å². The zero-order chi connectivity index (χ0) is 29.9. The number of hydrogen-bond donors (Lipinski definition) is 1. The number of carbonyl (C=O) groups is 1. The van der Waals surface area contributed by atoms with Crippen molar-refractivity contribution in [3.63, 3.8) is 0 Å². The van der Waals surface area contributed by atoms with Crippen molar-refractivity contribution in [1.29, 1.82) is 0 Å². The van der Waals surface area contributed by atoms with Crippen molar-refractivity contribution in [3.05, 3.63) is 112 Å². The third-order valence-electron chi connectivity index (χ3n) is 8.00. The van der Waals surface area contributed by atoms with Gasteiger partial charge in [-0.05, 0) is 97.9 Å². The number of aliphatic carboxylic acids is 1. The molecule has 0 spiro atoms. The fourth-order valence-corrected chi connectivity index (χ4v) is 7.77. The molecule has 0 amide bonds. The SMILES string of the molecule is CC(C)(O)c1ccccc1CCC(c1cccc(/C=C/c2ccc3ccc(Cl)cc3n2)c1)[S@](=O)CC1(CC(=O)[O-])CC1.[Na+]. The van der Waals surface area contributed by atoms with Crippen LogP contribution in [0.4, 0.5) is 0 Å². The molecular formula is C35H35ClNNaO4S. The molecule has 1 N–H and O–H groups in total. The molecule has 1 heterocycles. The first-order chi connectivity index (χ1) is 20.0. The van der Waals surface area contributed by atoms with Gasteiger partial charge in [0.15, 0.2) is 0 Å². The van der Waals surface area contributed by atoms with Gasteiger partial charge in [0.1, 0.15) is 0 Å². The average molecular weight is 624 g/mol. The number of carboxylic acids is 1. The summed E-state index contributed by atoms with van der Waals surface area (Å²) < 4.78 is 13.9. The molecule has 43 heavy (non-hydrogen) atoms. The van der Waals surface area contributed by atoms with E-state index >= 15 is 0 Å². The van der Waals surface area contributed by atoms with Crippen LogP contribution < -0.4 is 34.7 Å². The Morgan fingerprint density at radius 2 is 1.81 bits per heavy atom. The number of carbonyl (C=O) groups excluding carboxylic acids is 1. The number of aryl methyl sites for hydroxylation is 1. The summed E-state index contributed by atoms with van der Waals surface area (Å²) in [7, 11) is -1.30. The molecule has 0 radical (unpaired) electrons. The molecule has 0 bridgehead atoms. The minimum absolute atomic E-state index is 0. The first-order valence-corrected chi connectivity index (χ1v) is 16.0. The van der Waals surface area contributed by atoms with E-state index in [1.165, 1.54) is 0 Å². The van der Waals surface area contributed by atoms with E-state index in [9.17, 15) is 19.2 Å². The van der Waals surface area contributed by atoms with E-state index in [1.54, 1.807) is 13.8 Å². The van der Waals surface area contributed by atoms with Crippen molar-refractivity contribution in [2.45, 2.75) is 56.8 Å². The van der Waals surface area contributed by atoms with Gasteiger partial charge in [0.05, 0.1) is 22.1 Å². The Morgan fingerprint density at radius 1 is 1.07 bits per heavy atom. The van der Waals surface area contributed by atoms with Gasteiger partial charge in [0.2, 0.25) is 0 Å². The Kier molecular flexibility index (Phi) is 11.1. The van der Waals surface area contributed by atoms with E-state index in [1.807, 2.05) is 84.9 Å². The van der Waals surface area contributed by atoms with Crippen LogP contribution in [0.5, 0.6) is 0 Å². The fraction of sp³-hybridized carbons (Fsp3) is 0.314. The van der Waals surface area contributed by atoms with Crippen LogP contribution in [0.3, 0.4) is 0 Å². The van der Waals surface area contributed by atoms with Crippen LogP contribution in [0.15, 0.2) is 78.9 Å². The van der Waals surface area contributed by atoms with Gasteiger partial charge in [-0.1, -0.05) is 78.3 Å². The maximum Gasteiger partial charge on any atom is 1.00 e. The Morgan fingerprint density at radius 3 is 2.53 bits per heavy atom. The van der Waals surface area contributed by atoms with Crippen LogP contribution in [0.1, 0.15) is 72.7 Å². The summed E-state index contributed by atoms with van der Waals surface area (Å²) in [6, 6.07) is 25.4. The number of benzene rings is 3. The van der Waals surface area contributed by atoms with Crippen LogP contribution in [0.25, 0.3) is 23.1 Å². The quantitative estimate of drug-likeness (QED) is 0.244. The van der Waals surface area contributed by atoms with Gasteiger partial charge in [-0.15, -0.1) is 0 Å². The fourth-order valence-electron chi connectivity index (χ4n) is 5.57. The van der Waals surface area contributed by atoms with Gasteiger partial charge < -0.3 is 15.0 Å². The Bertz CT molecular complexity index is 1660. The molecule has 1 unspecified atom stereocenters. The summed E-state index contributed by atoms with van der Waals surface area (Å²) in [6.45, 7) is 3.54. The number of rotatable bonds is 12. The Hall–Kier alpha value is -2.32. The van der Waals surface area contributed by atoms with Crippen LogP contribution in [0.2, 0.25) is 5.02 Å². The summed E-state index contributed by atoms with van der Waals surface area (Å²) in [5, 5.41) is 23.5. The first kappa shape index (κ1) is 33.6. The first-order valence-electron chi connectivity index (χ1n) is 14.2. The third kappa shape index (κ3) is 8.87. The minimum atomic E-state index is -1.30. The number of pyridine rings is 1. The van der Waals surface area contributed by atoms with Crippen molar-refractivity contribution >= 4 is 51.4 Å². The number of carboxylic acid groups (broad SMARTS) is 1. The van der Waals surface area contributed by atoms with E-state index in [-0.39, 0.29) is 41.2 Å². The molecule has 1 aromatic heterocycles. The van der Waals surface area contributed by atoms with Gasteiger partial charge in [0.25, 0.3) is 0 Å². The second-order valence-corrected chi connectivity index (χ2v) is 13.9. The van der Waals surface area contributed by atoms with E-state index in [0.717, 1.165) is 51.7 Å². The molecule has 5 nitrogen and oxygen atoms in total. The molecule has 0 saturated heterocycles. The van der Waals surface area contributed by atoms with Crippen LogP contribution in [-0.4, -0.2) is 26.0 Å². The molecule has 8 heteroatoms. The van der Waals surface area contributed by atoms with Crippen molar-refractivity contribution < 1.29 is 48.8 Å². The van der Waals surface area contributed by atoms with Gasteiger partial charge in [0, 0.05) is 32.9 Å². The molecule has 3 aromatic carbocycles. The second-order valence-electron chi connectivity index (χ2n) is 11.9. The van der Waals surface area contributed by atoms with Crippen LogP contribution in [-0.2, 0) is 27.6 Å². The summed E-state index contributed by atoms with van der Waals surface area (Å²) >= 11 is 6.15. The van der Waals surface area contributed by atoms with Crippen LogP contribution >= 0.6 is 11.6 Å². The zero-order valence-corrected chi connectivity index (χ0v) is 28.5. The number of fused-ring (bicyclic) bond motifs is 1. The maximum atomic E-state index is 13.9. The molecule has 218 valence electrons. The second kappa shape index (κ2) is 14.2. The molecule has 4 aromatic rings. The normalized spacial score (nSPS) is 15.6. The van der Waals surface area contributed by atoms with Crippen molar-refractivity contribution in [2.24, 2.45) is 5.41 Å². The topological polar surface area (TPSA) is 90.3 Å². The molecule has 1 saturated carbocycles. The predicted octanol–water partition coefficient (Wildman–Crippen LogP) is 3.63. The Balaban J connectivity index is 0.00000423. The largest absolute Gasteiger partial charge is 1.00 e. The van der Waals surface area contributed by atoms with E-state index in [4.69, 9.17) is 16.6 Å². The van der Waals surface area contributed by atoms with Crippen molar-refractivity contribution in [1.82, 2.24) is 4.98 Å². The summed E-state index contributed by atoms with van der Waals surface area (Å²) in [5.41, 5.74) is 3.96. The zero-order valence-electron chi connectivity index (χ0n) is 24.9. The molecule has 1 fully saturated rings. The Labute approximate surface area is 283 Å².